The first-order valence-corrected chi connectivity index (χ1v) is 11.2. The van der Waals surface area contributed by atoms with Crippen LogP contribution in [-0.2, 0) is 22.7 Å². The fourth-order valence-electron chi connectivity index (χ4n) is 5.06. The standard InChI is InChI=1S/C23H27N3O3S/c27-21-4-3-20(22(28)24-21)26-13-17-2-1-15(11-19(17)23(26)30)12-25-8-5-16(6-9-25)18-7-10-29-14-18/h1-2,7,10-11,14,16,20,23,30H,3-6,8-9,12-13H2,(H,24,27,28). The smallest absolute Gasteiger partial charge is 0.243 e. The van der Waals surface area contributed by atoms with E-state index in [0.29, 0.717) is 25.3 Å². The zero-order chi connectivity index (χ0) is 20.7. The van der Waals surface area contributed by atoms with Gasteiger partial charge in [0.25, 0.3) is 0 Å². The molecule has 2 unspecified atom stereocenters. The van der Waals surface area contributed by atoms with E-state index in [1.807, 2.05) is 6.26 Å². The third-order valence-corrected chi connectivity index (χ3v) is 7.35. The maximum absolute atomic E-state index is 12.3. The van der Waals surface area contributed by atoms with Crippen LogP contribution in [0.3, 0.4) is 0 Å². The number of carbonyl (C=O) groups is 2. The van der Waals surface area contributed by atoms with Gasteiger partial charge in [0, 0.05) is 19.5 Å². The average Bonchev–Trinajstić information content (AvgIpc) is 3.38. The second-order valence-corrected chi connectivity index (χ2v) is 9.14. The van der Waals surface area contributed by atoms with E-state index in [-0.39, 0.29) is 23.2 Å². The molecule has 2 amide bonds. The zero-order valence-electron chi connectivity index (χ0n) is 16.9. The van der Waals surface area contributed by atoms with E-state index in [1.165, 1.54) is 22.3 Å². The van der Waals surface area contributed by atoms with Crippen molar-refractivity contribution < 1.29 is 14.0 Å². The molecule has 6 nitrogen and oxygen atoms in total. The summed E-state index contributed by atoms with van der Waals surface area (Å²) in [6.07, 6.45) is 6.91. The summed E-state index contributed by atoms with van der Waals surface area (Å²) in [7, 11) is 0. The van der Waals surface area contributed by atoms with E-state index < -0.39 is 0 Å². The molecule has 0 bridgehead atoms. The molecule has 4 heterocycles. The minimum Gasteiger partial charge on any atom is -0.472 e. The number of amides is 2. The molecular formula is C23H27N3O3S. The predicted molar refractivity (Wildman–Crippen MR) is 116 cm³/mol. The van der Waals surface area contributed by atoms with Crippen molar-refractivity contribution in [3.8, 4) is 0 Å². The van der Waals surface area contributed by atoms with E-state index in [9.17, 15) is 9.59 Å². The molecule has 1 aromatic heterocycles. The minimum absolute atomic E-state index is 0.115. The predicted octanol–water partition coefficient (Wildman–Crippen LogP) is 3.21. The Morgan fingerprint density at radius 2 is 1.97 bits per heavy atom. The summed E-state index contributed by atoms with van der Waals surface area (Å²) >= 11 is 4.84. The summed E-state index contributed by atoms with van der Waals surface area (Å²) < 4.78 is 5.24. The van der Waals surface area contributed by atoms with Gasteiger partial charge in [-0.2, -0.15) is 12.6 Å². The summed E-state index contributed by atoms with van der Waals surface area (Å²) in [6, 6.07) is 8.43. The molecular weight excluding hydrogens is 398 g/mol. The van der Waals surface area contributed by atoms with Crippen molar-refractivity contribution in [1.82, 2.24) is 15.1 Å². The molecule has 0 spiro atoms. The minimum atomic E-state index is -0.289. The summed E-state index contributed by atoms with van der Waals surface area (Å²) in [5.74, 6) is 0.227. The average molecular weight is 426 g/mol. The van der Waals surface area contributed by atoms with Crippen molar-refractivity contribution in [2.45, 2.75) is 56.1 Å². The van der Waals surface area contributed by atoms with Gasteiger partial charge in [0.15, 0.2) is 0 Å². The van der Waals surface area contributed by atoms with Crippen LogP contribution in [0.2, 0.25) is 0 Å². The van der Waals surface area contributed by atoms with Gasteiger partial charge in [0.05, 0.1) is 23.9 Å². The maximum atomic E-state index is 12.3. The Morgan fingerprint density at radius 3 is 2.70 bits per heavy atom. The summed E-state index contributed by atoms with van der Waals surface area (Å²) in [4.78, 5) is 28.4. The number of nitrogens with one attached hydrogen (secondary N) is 1. The van der Waals surface area contributed by atoms with Gasteiger partial charge in [-0.05, 0) is 66.6 Å². The number of nitrogens with zero attached hydrogens (tertiary/aromatic N) is 2. The van der Waals surface area contributed by atoms with Gasteiger partial charge < -0.3 is 4.42 Å². The molecule has 2 aromatic rings. The van der Waals surface area contributed by atoms with Crippen molar-refractivity contribution in [2.75, 3.05) is 13.1 Å². The van der Waals surface area contributed by atoms with E-state index in [0.717, 1.165) is 32.5 Å². The van der Waals surface area contributed by atoms with Gasteiger partial charge in [-0.25, -0.2) is 0 Å². The molecule has 3 aliphatic rings. The highest BCUT2D eigenvalue weighted by atomic mass is 32.1. The molecule has 2 atom stereocenters. The normalized spacial score (nSPS) is 26.0. The van der Waals surface area contributed by atoms with Gasteiger partial charge in [0.2, 0.25) is 11.8 Å². The first kappa shape index (κ1) is 19.8. The molecule has 2 saturated heterocycles. The molecule has 158 valence electrons. The number of benzene rings is 1. The van der Waals surface area contributed by atoms with Crippen molar-refractivity contribution in [2.24, 2.45) is 0 Å². The van der Waals surface area contributed by atoms with Crippen molar-refractivity contribution in [3.63, 3.8) is 0 Å². The van der Waals surface area contributed by atoms with Crippen LogP contribution in [0.5, 0.6) is 0 Å². The van der Waals surface area contributed by atoms with Gasteiger partial charge in [-0.3, -0.25) is 24.7 Å². The molecule has 3 aliphatic heterocycles. The van der Waals surface area contributed by atoms with Crippen LogP contribution >= 0.6 is 12.6 Å². The Hall–Kier alpha value is -2.09. The first-order valence-electron chi connectivity index (χ1n) is 10.7. The Bertz CT molecular complexity index is 937. The molecule has 2 fully saturated rings. The number of imide groups is 1. The quantitative estimate of drug-likeness (QED) is 0.582. The Kier molecular flexibility index (Phi) is 5.43. The van der Waals surface area contributed by atoms with Crippen molar-refractivity contribution in [1.29, 1.82) is 0 Å². The number of rotatable bonds is 4. The molecule has 0 saturated carbocycles. The largest absolute Gasteiger partial charge is 0.472 e. The fourth-order valence-corrected chi connectivity index (χ4v) is 5.54. The van der Waals surface area contributed by atoms with Crippen LogP contribution in [0.15, 0.2) is 41.2 Å². The number of furan rings is 1. The second-order valence-electron chi connectivity index (χ2n) is 8.65. The lowest BCUT2D eigenvalue weighted by molar-refractivity contribution is -0.137. The van der Waals surface area contributed by atoms with Crippen LogP contribution in [0.4, 0.5) is 0 Å². The van der Waals surface area contributed by atoms with Crippen molar-refractivity contribution in [3.05, 3.63) is 59.0 Å². The van der Waals surface area contributed by atoms with Crippen LogP contribution < -0.4 is 5.32 Å². The van der Waals surface area contributed by atoms with Gasteiger partial charge in [-0.1, -0.05) is 18.2 Å². The van der Waals surface area contributed by atoms with Crippen LogP contribution in [-0.4, -0.2) is 40.7 Å². The molecule has 30 heavy (non-hydrogen) atoms. The number of fused-ring (bicyclic) bond motifs is 1. The lowest BCUT2D eigenvalue weighted by Gasteiger charge is -2.32. The SMILES string of the molecule is O=C1CCC(N2Cc3ccc(CN4CCC(c5ccoc5)CC4)cc3C2S)C(=O)N1. The Balaban J connectivity index is 1.23. The number of likely N-dealkylation sites (tertiary alicyclic amines) is 1. The third kappa shape index (κ3) is 3.82. The molecule has 7 heteroatoms. The second kappa shape index (κ2) is 8.21. The Morgan fingerprint density at radius 1 is 1.13 bits per heavy atom. The third-order valence-electron chi connectivity index (χ3n) is 6.77. The van der Waals surface area contributed by atoms with Crippen LogP contribution in [0, 0.1) is 0 Å². The highest BCUT2D eigenvalue weighted by Gasteiger charge is 2.39. The highest BCUT2D eigenvalue weighted by Crippen LogP contribution is 2.40. The van der Waals surface area contributed by atoms with Crippen LogP contribution in [0.25, 0.3) is 0 Å². The van der Waals surface area contributed by atoms with Crippen LogP contribution in [0.1, 0.15) is 59.2 Å². The molecule has 5 rings (SSSR count). The van der Waals surface area contributed by atoms with Gasteiger partial charge in [-0.15, -0.1) is 0 Å². The lowest BCUT2D eigenvalue weighted by atomic mass is 9.91. The number of hydrogen-bond donors (Lipinski definition) is 2. The first-order chi connectivity index (χ1) is 14.6. The number of piperidine rings is 2. The number of hydrogen-bond acceptors (Lipinski definition) is 6. The monoisotopic (exact) mass is 425 g/mol. The topological polar surface area (TPSA) is 65.8 Å². The Labute approximate surface area is 182 Å². The van der Waals surface area contributed by atoms with E-state index in [4.69, 9.17) is 17.0 Å². The molecule has 1 N–H and O–H groups in total. The fraction of sp³-hybridized carbons (Fsp3) is 0.478. The summed E-state index contributed by atoms with van der Waals surface area (Å²) in [5.41, 5.74) is 5.02. The maximum Gasteiger partial charge on any atom is 0.243 e. The molecule has 0 aliphatic carbocycles. The van der Waals surface area contributed by atoms with Gasteiger partial charge >= 0.3 is 0 Å². The van der Waals surface area contributed by atoms with E-state index in [1.54, 1.807) is 6.26 Å². The van der Waals surface area contributed by atoms with Crippen molar-refractivity contribution >= 4 is 24.4 Å². The number of thiol groups is 1. The summed E-state index contributed by atoms with van der Waals surface area (Å²) in [5, 5.41) is 2.35. The van der Waals surface area contributed by atoms with Gasteiger partial charge in [0.1, 0.15) is 0 Å². The lowest BCUT2D eigenvalue weighted by Crippen LogP contribution is -2.51. The number of carbonyl (C=O) groups excluding carboxylic acids is 2. The summed E-state index contributed by atoms with van der Waals surface area (Å²) in [6.45, 7) is 3.80. The zero-order valence-corrected chi connectivity index (χ0v) is 17.8. The van der Waals surface area contributed by atoms with E-state index >= 15 is 0 Å². The van der Waals surface area contributed by atoms with E-state index in [2.05, 4.69) is 39.4 Å². The highest BCUT2D eigenvalue weighted by molar-refractivity contribution is 7.80. The molecule has 1 aromatic carbocycles. The molecule has 0 radical (unpaired) electrons.